The molecule has 0 spiro atoms. The first kappa shape index (κ1) is 14.2. The van der Waals surface area contributed by atoms with Crippen molar-refractivity contribution < 1.29 is 9.47 Å². The van der Waals surface area contributed by atoms with Crippen molar-refractivity contribution >= 4 is 11.6 Å². The largest absolute Gasteiger partial charge is 0.385 e. The summed E-state index contributed by atoms with van der Waals surface area (Å²) < 4.78 is 10.1. The van der Waals surface area contributed by atoms with Crippen molar-refractivity contribution in [1.82, 2.24) is 4.90 Å². The molecule has 0 heterocycles. The predicted molar refractivity (Wildman–Crippen MR) is 60.1 cm³/mol. The van der Waals surface area contributed by atoms with E-state index in [9.17, 15) is 0 Å². The van der Waals surface area contributed by atoms with Gasteiger partial charge in [0.25, 0.3) is 0 Å². The minimum absolute atomic E-state index is 0.504. The number of halogens is 1. The molecule has 0 N–H and O–H groups in total. The molecule has 1 unspecified atom stereocenters. The highest BCUT2D eigenvalue weighted by Gasteiger charge is 2.12. The predicted octanol–water partition coefficient (Wildman–Crippen LogP) is 1.60. The third kappa shape index (κ3) is 6.60. The van der Waals surface area contributed by atoms with Crippen LogP contribution in [-0.4, -0.2) is 57.3 Å². The van der Waals surface area contributed by atoms with E-state index in [4.69, 9.17) is 21.1 Å². The first-order chi connectivity index (χ1) is 6.76. The second kappa shape index (κ2) is 9.71. The van der Waals surface area contributed by atoms with Crippen LogP contribution >= 0.6 is 11.6 Å². The maximum atomic E-state index is 5.74. The van der Waals surface area contributed by atoms with E-state index in [1.165, 1.54) is 0 Å². The van der Waals surface area contributed by atoms with E-state index in [1.807, 2.05) is 0 Å². The molecule has 0 aromatic heterocycles. The fourth-order valence-corrected chi connectivity index (χ4v) is 1.56. The van der Waals surface area contributed by atoms with E-state index < -0.39 is 0 Å². The molecule has 0 aliphatic rings. The van der Waals surface area contributed by atoms with Gasteiger partial charge >= 0.3 is 0 Å². The van der Waals surface area contributed by atoms with Crippen LogP contribution in [0.15, 0.2) is 0 Å². The lowest BCUT2D eigenvalue weighted by Crippen LogP contribution is -2.37. The van der Waals surface area contributed by atoms with Gasteiger partial charge in [-0.1, -0.05) is 0 Å². The minimum atomic E-state index is 0.504. The Morgan fingerprint density at radius 1 is 1.14 bits per heavy atom. The molecule has 3 nitrogen and oxygen atoms in total. The van der Waals surface area contributed by atoms with Crippen LogP contribution in [0.4, 0.5) is 0 Å². The molecule has 86 valence electrons. The zero-order chi connectivity index (χ0) is 10.8. The smallest absolute Gasteiger partial charge is 0.0589 e. The number of hydrogen-bond acceptors (Lipinski definition) is 3. The topological polar surface area (TPSA) is 21.7 Å². The standard InChI is InChI=1S/C10H22ClNO2/c1-10(4-8-13-2)12(6-5-11)7-9-14-3/h10H,4-9H2,1-3H3. The lowest BCUT2D eigenvalue weighted by atomic mass is 10.2. The van der Waals surface area contributed by atoms with Gasteiger partial charge in [-0.05, 0) is 13.3 Å². The van der Waals surface area contributed by atoms with Gasteiger partial charge in [0.2, 0.25) is 0 Å². The minimum Gasteiger partial charge on any atom is -0.385 e. The lowest BCUT2D eigenvalue weighted by molar-refractivity contribution is 0.107. The summed E-state index contributed by atoms with van der Waals surface area (Å²) in [5.41, 5.74) is 0. The number of ether oxygens (including phenoxy) is 2. The van der Waals surface area contributed by atoms with Crippen molar-refractivity contribution in [1.29, 1.82) is 0 Å². The summed E-state index contributed by atoms with van der Waals surface area (Å²) in [5, 5.41) is 0. The average Bonchev–Trinajstić information content (AvgIpc) is 2.20. The summed E-state index contributed by atoms with van der Waals surface area (Å²) in [7, 11) is 3.45. The second-order valence-corrected chi connectivity index (χ2v) is 3.73. The SMILES string of the molecule is COCCC(C)N(CCCl)CCOC. The molecule has 0 saturated carbocycles. The van der Waals surface area contributed by atoms with Crippen LogP contribution in [0.5, 0.6) is 0 Å². The molecule has 0 bridgehead atoms. The Hall–Kier alpha value is 0.170. The van der Waals surface area contributed by atoms with Crippen LogP contribution in [0.25, 0.3) is 0 Å². The Kier molecular flexibility index (Phi) is 9.83. The fraction of sp³-hybridized carbons (Fsp3) is 1.00. The number of nitrogens with zero attached hydrogens (tertiary/aromatic N) is 1. The monoisotopic (exact) mass is 223 g/mol. The molecule has 1 atom stereocenters. The van der Waals surface area contributed by atoms with Gasteiger partial charge in [-0.15, -0.1) is 11.6 Å². The molecule has 0 amide bonds. The zero-order valence-corrected chi connectivity index (χ0v) is 10.2. The van der Waals surface area contributed by atoms with Crippen molar-refractivity contribution in [2.45, 2.75) is 19.4 Å². The quantitative estimate of drug-likeness (QED) is 0.555. The van der Waals surface area contributed by atoms with Crippen LogP contribution in [0.3, 0.4) is 0 Å². The summed E-state index contributed by atoms with van der Waals surface area (Å²) in [4.78, 5) is 2.33. The summed E-state index contributed by atoms with van der Waals surface area (Å²) >= 11 is 5.74. The molecular formula is C10H22ClNO2. The molecule has 0 aromatic carbocycles. The van der Waals surface area contributed by atoms with Crippen LogP contribution < -0.4 is 0 Å². The molecule has 0 fully saturated rings. The summed E-state index contributed by atoms with van der Waals surface area (Å²) in [6.45, 7) is 5.60. The van der Waals surface area contributed by atoms with E-state index in [0.29, 0.717) is 11.9 Å². The van der Waals surface area contributed by atoms with Gasteiger partial charge in [-0.25, -0.2) is 0 Å². The van der Waals surface area contributed by atoms with Crippen molar-refractivity contribution in [2.75, 3.05) is 46.4 Å². The Labute approximate surface area is 92.3 Å². The molecule has 4 heteroatoms. The van der Waals surface area contributed by atoms with Crippen LogP contribution in [0, 0.1) is 0 Å². The summed E-state index contributed by atoms with van der Waals surface area (Å²) in [5.74, 6) is 0.668. The van der Waals surface area contributed by atoms with Crippen molar-refractivity contribution in [3.63, 3.8) is 0 Å². The highest BCUT2D eigenvalue weighted by atomic mass is 35.5. The highest BCUT2D eigenvalue weighted by Crippen LogP contribution is 2.04. The number of methoxy groups -OCH3 is 2. The van der Waals surface area contributed by atoms with Crippen LogP contribution in [0.2, 0.25) is 0 Å². The molecular weight excluding hydrogens is 202 g/mol. The van der Waals surface area contributed by atoms with E-state index in [-0.39, 0.29) is 0 Å². The lowest BCUT2D eigenvalue weighted by Gasteiger charge is -2.27. The average molecular weight is 224 g/mol. The molecule has 14 heavy (non-hydrogen) atoms. The Balaban J connectivity index is 3.77. The van der Waals surface area contributed by atoms with Gasteiger partial charge in [-0.2, -0.15) is 0 Å². The van der Waals surface area contributed by atoms with E-state index >= 15 is 0 Å². The van der Waals surface area contributed by atoms with E-state index in [1.54, 1.807) is 14.2 Å². The molecule has 0 saturated heterocycles. The number of hydrogen-bond donors (Lipinski definition) is 0. The fourth-order valence-electron chi connectivity index (χ4n) is 1.34. The summed E-state index contributed by atoms with van der Waals surface area (Å²) in [6.07, 6.45) is 1.04. The third-order valence-corrected chi connectivity index (χ3v) is 2.49. The van der Waals surface area contributed by atoms with Crippen LogP contribution in [-0.2, 0) is 9.47 Å². The normalized spacial score (nSPS) is 13.5. The highest BCUT2D eigenvalue weighted by molar-refractivity contribution is 6.18. The maximum absolute atomic E-state index is 5.74. The number of alkyl halides is 1. The third-order valence-electron chi connectivity index (χ3n) is 2.32. The van der Waals surface area contributed by atoms with Gasteiger partial charge in [0.1, 0.15) is 0 Å². The molecule has 0 rings (SSSR count). The zero-order valence-electron chi connectivity index (χ0n) is 9.46. The Morgan fingerprint density at radius 3 is 2.29 bits per heavy atom. The molecule has 0 radical (unpaired) electrons. The van der Waals surface area contributed by atoms with Crippen LogP contribution in [0.1, 0.15) is 13.3 Å². The maximum Gasteiger partial charge on any atom is 0.0589 e. The van der Waals surface area contributed by atoms with E-state index in [2.05, 4.69) is 11.8 Å². The Morgan fingerprint density at radius 2 is 1.79 bits per heavy atom. The van der Waals surface area contributed by atoms with Crippen molar-refractivity contribution in [2.24, 2.45) is 0 Å². The van der Waals surface area contributed by atoms with Crippen molar-refractivity contribution in [3.05, 3.63) is 0 Å². The van der Waals surface area contributed by atoms with E-state index in [0.717, 1.165) is 32.7 Å². The van der Waals surface area contributed by atoms with Gasteiger partial charge in [0, 0.05) is 45.8 Å². The Bertz CT molecular complexity index is 125. The van der Waals surface area contributed by atoms with Gasteiger partial charge in [0.05, 0.1) is 6.61 Å². The van der Waals surface area contributed by atoms with Gasteiger partial charge in [-0.3, -0.25) is 4.90 Å². The first-order valence-electron chi connectivity index (χ1n) is 5.04. The second-order valence-electron chi connectivity index (χ2n) is 3.35. The number of rotatable bonds is 9. The first-order valence-corrected chi connectivity index (χ1v) is 5.57. The summed E-state index contributed by atoms with van der Waals surface area (Å²) in [6, 6.07) is 0.504. The van der Waals surface area contributed by atoms with Crippen molar-refractivity contribution in [3.8, 4) is 0 Å². The van der Waals surface area contributed by atoms with Gasteiger partial charge < -0.3 is 9.47 Å². The molecule has 0 aliphatic carbocycles. The molecule has 0 aromatic rings. The molecule has 0 aliphatic heterocycles. The van der Waals surface area contributed by atoms with Gasteiger partial charge in [0.15, 0.2) is 0 Å².